The number of carbonyl (C=O) groups is 2. The van der Waals surface area contributed by atoms with Crippen LogP contribution in [-0.4, -0.2) is 21.6 Å². The molecule has 8 heteroatoms. The molecule has 0 bridgehead atoms. The SMILES string of the molecule is CC(C)CC(=O)Nc1ccc(NC(=O)Cn2[nH]c(=O)c3ccccc3c2=O)cc1. The number of benzene rings is 2. The van der Waals surface area contributed by atoms with Crippen LogP contribution in [0.5, 0.6) is 0 Å². The van der Waals surface area contributed by atoms with Gasteiger partial charge in [0.15, 0.2) is 0 Å². The first kappa shape index (κ1) is 20.1. The van der Waals surface area contributed by atoms with Gasteiger partial charge in [0.2, 0.25) is 11.8 Å². The number of rotatable bonds is 6. The molecule has 0 aliphatic carbocycles. The van der Waals surface area contributed by atoms with Gasteiger partial charge in [-0.15, -0.1) is 0 Å². The molecule has 0 saturated heterocycles. The topological polar surface area (TPSA) is 113 Å². The number of nitrogens with one attached hydrogen (secondary N) is 3. The number of anilines is 2. The van der Waals surface area contributed by atoms with Crippen molar-refractivity contribution >= 4 is 34.0 Å². The van der Waals surface area contributed by atoms with E-state index in [2.05, 4.69) is 15.7 Å². The number of H-pyrrole nitrogens is 1. The maximum atomic E-state index is 12.5. The summed E-state index contributed by atoms with van der Waals surface area (Å²) in [4.78, 5) is 48.7. The molecule has 0 unspecified atom stereocenters. The Morgan fingerprint density at radius 2 is 1.45 bits per heavy atom. The van der Waals surface area contributed by atoms with Crippen molar-refractivity contribution in [3.8, 4) is 0 Å². The maximum absolute atomic E-state index is 12.5. The van der Waals surface area contributed by atoms with E-state index in [0.717, 1.165) is 4.68 Å². The first-order valence-corrected chi connectivity index (χ1v) is 9.25. The van der Waals surface area contributed by atoms with Crippen LogP contribution in [0, 0.1) is 5.92 Å². The van der Waals surface area contributed by atoms with E-state index in [1.165, 1.54) is 0 Å². The van der Waals surface area contributed by atoms with Crippen LogP contribution < -0.4 is 21.8 Å². The zero-order valence-electron chi connectivity index (χ0n) is 16.2. The number of amides is 2. The molecular formula is C21H22N4O4. The molecule has 2 amide bonds. The van der Waals surface area contributed by atoms with E-state index < -0.39 is 17.0 Å². The second-order valence-electron chi connectivity index (χ2n) is 7.15. The van der Waals surface area contributed by atoms with Crippen molar-refractivity contribution in [1.82, 2.24) is 9.78 Å². The molecule has 0 fully saturated rings. The van der Waals surface area contributed by atoms with Crippen molar-refractivity contribution < 1.29 is 9.59 Å². The van der Waals surface area contributed by atoms with Crippen LogP contribution in [0.15, 0.2) is 58.1 Å². The van der Waals surface area contributed by atoms with Crippen LogP contribution in [-0.2, 0) is 16.1 Å². The average Bonchev–Trinajstić information content (AvgIpc) is 2.67. The predicted molar refractivity (Wildman–Crippen MR) is 112 cm³/mol. The normalized spacial score (nSPS) is 10.9. The van der Waals surface area contributed by atoms with Gasteiger partial charge in [-0.2, -0.15) is 0 Å². The first-order valence-electron chi connectivity index (χ1n) is 9.25. The number of nitrogens with zero attached hydrogens (tertiary/aromatic N) is 1. The molecule has 0 atom stereocenters. The van der Waals surface area contributed by atoms with Crippen molar-refractivity contribution in [2.75, 3.05) is 10.6 Å². The number of hydrogen-bond acceptors (Lipinski definition) is 4. The lowest BCUT2D eigenvalue weighted by Gasteiger charge is -2.10. The van der Waals surface area contributed by atoms with E-state index in [1.54, 1.807) is 48.5 Å². The molecule has 3 rings (SSSR count). The summed E-state index contributed by atoms with van der Waals surface area (Å²) >= 11 is 0. The summed E-state index contributed by atoms with van der Waals surface area (Å²) in [5.41, 5.74) is 0.254. The van der Waals surface area contributed by atoms with Crippen molar-refractivity contribution in [3.05, 3.63) is 69.2 Å². The van der Waals surface area contributed by atoms with Crippen LogP contribution >= 0.6 is 0 Å². The Balaban J connectivity index is 1.68. The molecule has 2 aromatic carbocycles. The van der Waals surface area contributed by atoms with Gasteiger partial charge in [0.05, 0.1) is 10.8 Å². The number of hydrogen-bond donors (Lipinski definition) is 3. The van der Waals surface area contributed by atoms with Gasteiger partial charge in [-0.3, -0.25) is 24.3 Å². The minimum atomic E-state index is -0.463. The molecule has 0 saturated carbocycles. The van der Waals surface area contributed by atoms with E-state index in [1.807, 2.05) is 13.8 Å². The molecule has 0 aliphatic rings. The van der Waals surface area contributed by atoms with Gasteiger partial charge >= 0.3 is 0 Å². The van der Waals surface area contributed by atoms with Crippen LogP contribution in [0.25, 0.3) is 10.8 Å². The first-order chi connectivity index (χ1) is 13.8. The van der Waals surface area contributed by atoms with Gasteiger partial charge < -0.3 is 10.6 Å². The van der Waals surface area contributed by atoms with Gasteiger partial charge in [-0.05, 0) is 42.3 Å². The molecule has 150 valence electrons. The van der Waals surface area contributed by atoms with E-state index in [4.69, 9.17) is 0 Å². The number of aromatic amines is 1. The highest BCUT2D eigenvalue weighted by Gasteiger charge is 2.11. The van der Waals surface area contributed by atoms with E-state index in [9.17, 15) is 19.2 Å². The van der Waals surface area contributed by atoms with Crippen LogP contribution in [0.4, 0.5) is 11.4 Å². The lowest BCUT2D eigenvalue weighted by molar-refractivity contribution is -0.117. The molecule has 29 heavy (non-hydrogen) atoms. The van der Waals surface area contributed by atoms with Crippen molar-refractivity contribution in [1.29, 1.82) is 0 Å². The average molecular weight is 394 g/mol. The summed E-state index contributed by atoms with van der Waals surface area (Å²) in [6, 6.07) is 13.1. The van der Waals surface area contributed by atoms with Crippen LogP contribution in [0.1, 0.15) is 20.3 Å². The number of fused-ring (bicyclic) bond motifs is 1. The Morgan fingerprint density at radius 1 is 0.897 bits per heavy atom. The van der Waals surface area contributed by atoms with Crippen molar-refractivity contribution in [2.45, 2.75) is 26.8 Å². The Hall–Kier alpha value is -3.68. The molecular weight excluding hydrogens is 372 g/mol. The predicted octanol–water partition coefficient (Wildman–Crippen LogP) is 2.31. The van der Waals surface area contributed by atoms with E-state index in [0.29, 0.717) is 17.8 Å². The second kappa shape index (κ2) is 8.55. The van der Waals surface area contributed by atoms with Gasteiger partial charge in [0.1, 0.15) is 6.54 Å². The molecule has 0 radical (unpaired) electrons. The van der Waals surface area contributed by atoms with Crippen LogP contribution in [0.3, 0.4) is 0 Å². The third-order valence-electron chi connectivity index (χ3n) is 4.23. The zero-order valence-corrected chi connectivity index (χ0v) is 16.2. The molecule has 0 aliphatic heterocycles. The fraction of sp³-hybridized carbons (Fsp3) is 0.238. The lowest BCUT2D eigenvalue weighted by atomic mass is 10.1. The Morgan fingerprint density at radius 3 is 2.03 bits per heavy atom. The lowest BCUT2D eigenvalue weighted by Crippen LogP contribution is -2.34. The molecule has 1 heterocycles. The summed E-state index contributed by atoms with van der Waals surface area (Å²) in [6.45, 7) is 3.60. The second-order valence-corrected chi connectivity index (χ2v) is 7.15. The van der Waals surface area contributed by atoms with E-state index in [-0.39, 0.29) is 29.1 Å². The zero-order chi connectivity index (χ0) is 21.0. The molecule has 0 spiro atoms. The molecule has 3 N–H and O–H groups in total. The summed E-state index contributed by atoms with van der Waals surface area (Å²) in [6.07, 6.45) is 0.428. The molecule has 1 aromatic heterocycles. The number of carbonyl (C=O) groups excluding carboxylic acids is 2. The van der Waals surface area contributed by atoms with E-state index >= 15 is 0 Å². The summed E-state index contributed by atoms with van der Waals surface area (Å²) in [5.74, 6) is -0.274. The third kappa shape index (κ3) is 4.98. The largest absolute Gasteiger partial charge is 0.326 e. The third-order valence-corrected chi connectivity index (χ3v) is 4.23. The van der Waals surface area contributed by atoms with Gasteiger partial charge in [-0.25, -0.2) is 4.68 Å². The van der Waals surface area contributed by atoms with Gasteiger partial charge in [0, 0.05) is 17.8 Å². The van der Waals surface area contributed by atoms with Crippen molar-refractivity contribution in [3.63, 3.8) is 0 Å². The quantitative estimate of drug-likeness (QED) is 0.595. The molecule has 3 aromatic rings. The van der Waals surface area contributed by atoms with Crippen LogP contribution in [0.2, 0.25) is 0 Å². The highest BCUT2D eigenvalue weighted by molar-refractivity contribution is 5.93. The number of aromatic nitrogens is 2. The van der Waals surface area contributed by atoms with Gasteiger partial charge in [-0.1, -0.05) is 26.0 Å². The standard InChI is InChI=1S/C21H22N4O4/c1-13(2)11-18(26)22-14-7-9-15(10-8-14)23-19(27)12-25-21(29)17-6-4-3-5-16(17)20(28)24-25/h3-10,13H,11-12H2,1-2H3,(H,22,26)(H,23,27)(H,24,28). The maximum Gasteiger partial charge on any atom is 0.273 e. The smallest absolute Gasteiger partial charge is 0.273 e. The minimum Gasteiger partial charge on any atom is -0.326 e. The monoisotopic (exact) mass is 394 g/mol. The molecule has 8 nitrogen and oxygen atoms in total. The Bertz CT molecular complexity index is 1160. The summed E-state index contributed by atoms with van der Waals surface area (Å²) in [7, 11) is 0. The summed E-state index contributed by atoms with van der Waals surface area (Å²) in [5, 5.41) is 8.41. The summed E-state index contributed by atoms with van der Waals surface area (Å²) < 4.78 is 0.987. The highest BCUT2D eigenvalue weighted by atomic mass is 16.2. The Kier molecular flexibility index (Phi) is 5.92. The minimum absolute atomic E-state index is 0.0728. The fourth-order valence-corrected chi connectivity index (χ4v) is 2.92. The van der Waals surface area contributed by atoms with Gasteiger partial charge in [0.25, 0.3) is 11.1 Å². The highest BCUT2D eigenvalue weighted by Crippen LogP contribution is 2.14. The Labute approximate surface area is 166 Å². The van der Waals surface area contributed by atoms with Crippen molar-refractivity contribution in [2.24, 2.45) is 5.92 Å². The fourth-order valence-electron chi connectivity index (χ4n) is 2.92.